The van der Waals surface area contributed by atoms with E-state index in [0.717, 1.165) is 25.2 Å². The summed E-state index contributed by atoms with van der Waals surface area (Å²) in [7, 11) is 0. The van der Waals surface area contributed by atoms with Crippen LogP contribution in [0.2, 0.25) is 0 Å². The van der Waals surface area contributed by atoms with Crippen molar-refractivity contribution in [3.8, 4) is 0 Å². The van der Waals surface area contributed by atoms with E-state index in [-0.39, 0.29) is 0 Å². The van der Waals surface area contributed by atoms with Crippen molar-refractivity contribution < 1.29 is 9.47 Å². The van der Waals surface area contributed by atoms with Crippen LogP contribution in [0.1, 0.15) is 13.8 Å². The second-order valence-corrected chi connectivity index (χ2v) is 2.54. The lowest BCUT2D eigenvalue weighted by Crippen LogP contribution is -1.84. The first-order valence-electron chi connectivity index (χ1n) is 3.60. The molecule has 0 amide bonds. The smallest absolute Gasteiger partial charge is 0.0906 e. The Morgan fingerprint density at radius 2 is 2.00 bits per heavy atom. The zero-order valence-corrected chi connectivity index (χ0v) is 8.19. The standard InChI is InChI=1S/C4H10O.C3H5BrO/c1-3-5-4-2;4-1-3-2-5-3/h3-4H2,1-2H3;3H,1-2H2. The molecular formula is C7H15BrO2. The lowest BCUT2D eigenvalue weighted by Gasteiger charge is -1.86. The summed E-state index contributed by atoms with van der Waals surface area (Å²) < 4.78 is 9.64. The van der Waals surface area contributed by atoms with Crippen LogP contribution in [0.3, 0.4) is 0 Å². The SMILES string of the molecule is BrCC1CO1.CCOCC. The van der Waals surface area contributed by atoms with E-state index in [0.29, 0.717) is 6.10 Å². The zero-order valence-electron chi connectivity index (χ0n) is 6.60. The summed E-state index contributed by atoms with van der Waals surface area (Å²) in [6, 6.07) is 0. The predicted molar refractivity (Wildman–Crippen MR) is 45.7 cm³/mol. The van der Waals surface area contributed by atoms with Crippen LogP contribution in [0.25, 0.3) is 0 Å². The quantitative estimate of drug-likeness (QED) is 0.524. The second kappa shape index (κ2) is 7.51. The summed E-state index contributed by atoms with van der Waals surface area (Å²) in [5, 5.41) is 1.01. The Balaban J connectivity index is 0.000000162. The number of epoxide rings is 1. The van der Waals surface area contributed by atoms with Gasteiger partial charge >= 0.3 is 0 Å². The number of rotatable bonds is 3. The van der Waals surface area contributed by atoms with Crippen LogP contribution >= 0.6 is 15.9 Å². The predicted octanol–water partition coefficient (Wildman–Crippen LogP) is 1.82. The van der Waals surface area contributed by atoms with Gasteiger partial charge in [0.05, 0.1) is 12.7 Å². The van der Waals surface area contributed by atoms with Crippen molar-refractivity contribution in [1.82, 2.24) is 0 Å². The van der Waals surface area contributed by atoms with Gasteiger partial charge in [-0.05, 0) is 13.8 Å². The molecule has 0 aromatic carbocycles. The van der Waals surface area contributed by atoms with Crippen molar-refractivity contribution in [2.24, 2.45) is 0 Å². The number of alkyl halides is 1. The Bertz CT molecular complexity index is 62.6. The Morgan fingerprint density at radius 1 is 1.50 bits per heavy atom. The Labute approximate surface area is 71.0 Å². The van der Waals surface area contributed by atoms with Gasteiger partial charge in [0.25, 0.3) is 0 Å². The minimum atomic E-state index is 0.551. The molecular weight excluding hydrogens is 196 g/mol. The number of ether oxygens (including phenoxy) is 2. The lowest BCUT2D eigenvalue weighted by atomic mass is 10.6. The van der Waals surface area contributed by atoms with Gasteiger partial charge in [-0.1, -0.05) is 15.9 Å². The van der Waals surface area contributed by atoms with Gasteiger partial charge in [-0.3, -0.25) is 0 Å². The molecule has 1 rings (SSSR count). The fourth-order valence-electron chi connectivity index (χ4n) is 0.361. The summed E-state index contributed by atoms with van der Waals surface area (Å²) in [5.74, 6) is 0. The molecule has 10 heavy (non-hydrogen) atoms. The lowest BCUT2D eigenvalue weighted by molar-refractivity contribution is 0.162. The normalized spacial score (nSPS) is 21.3. The third kappa shape index (κ3) is 8.40. The summed E-state index contributed by atoms with van der Waals surface area (Å²) in [4.78, 5) is 0. The molecule has 1 saturated heterocycles. The minimum absolute atomic E-state index is 0.551. The van der Waals surface area contributed by atoms with Gasteiger partial charge in [-0.2, -0.15) is 0 Å². The molecule has 1 atom stereocenters. The Morgan fingerprint density at radius 3 is 2.00 bits per heavy atom. The minimum Gasteiger partial charge on any atom is -0.382 e. The van der Waals surface area contributed by atoms with E-state index in [2.05, 4.69) is 15.9 Å². The van der Waals surface area contributed by atoms with E-state index in [1.165, 1.54) is 0 Å². The molecule has 62 valence electrons. The van der Waals surface area contributed by atoms with E-state index in [1.807, 2.05) is 13.8 Å². The highest BCUT2D eigenvalue weighted by Gasteiger charge is 2.19. The summed E-state index contributed by atoms with van der Waals surface area (Å²) in [6.07, 6.45) is 0.551. The van der Waals surface area contributed by atoms with E-state index in [9.17, 15) is 0 Å². The molecule has 1 unspecified atom stereocenters. The maximum atomic E-state index is 4.83. The van der Waals surface area contributed by atoms with Gasteiger partial charge in [-0.25, -0.2) is 0 Å². The van der Waals surface area contributed by atoms with Gasteiger partial charge in [-0.15, -0.1) is 0 Å². The average Bonchev–Trinajstić information content (AvgIpc) is 2.72. The van der Waals surface area contributed by atoms with Crippen LogP contribution in [0.15, 0.2) is 0 Å². The van der Waals surface area contributed by atoms with Crippen LogP contribution in [-0.4, -0.2) is 31.3 Å². The number of halogens is 1. The number of hydrogen-bond donors (Lipinski definition) is 0. The molecule has 0 aromatic heterocycles. The van der Waals surface area contributed by atoms with Gasteiger partial charge in [0.2, 0.25) is 0 Å². The maximum absolute atomic E-state index is 4.83. The maximum Gasteiger partial charge on any atom is 0.0906 e. The third-order valence-electron chi connectivity index (χ3n) is 0.983. The largest absolute Gasteiger partial charge is 0.382 e. The highest BCUT2D eigenvalue weighted by molar-refractivity contribution is 9.09. The molecule has 0 radical (unpaired) electrons. The Kier molecular flexibility index (Phi) is 7.81. The fourth-order valence-corrected chi connectivity index (χ4v) is 0.735. The molecule has 3 heteroatoms. The van der Waals surface area contributed by atoms with E-state index in [1.54, 1.807) is 0 Å². The molecule has 2 nitrogen and oxygen atoms in total. The molecule has 0 saturated carbocycles. The first-order valence-corrected chi connectivity index (χ1v) is 4.72. The van der Waals surface area contributed by atoms with Crippen molar-refractivity contribution in [2.45, 2.75) is 20.0 Å². The van der Waals surface area contributed by atoms with Gasteiger partial charge in [0.15, 0.2) is 0 Å². The van der Waals surface area contributed by atoms with Crippen LogP contribution in [0.5, 0.6) is 0 Å². The first kappa shape index (κ1) is 10.4. The molecule has 0 aromatic rings. The molecule has 0 N–H and O–H groups in total. The monoisotopic (exact) mass is 210 g/mol. The molecule has 1 aliphatic heterocycles. The molecule has 0 spiro atoms. The van der Waals surface area contributed by atoms with E-state index in [4.69, 9.17) is 9.47 Å². The topological polar surface area (TPSA) is 21.8 Å². The third-order valence-corrected chi connectivity index (χ3v) is 1.70. The van der Waals surface area contributed by atoms with Crippen LogP contribution < -0.4 is 0 Å². The van der Waals surface area contributed by atoms with Crippen molar-refractivity contribution in [3.63, 3.8) is 0 Å². The van der Waals surface area contributed by atoms with Crippen molar-refractivity contribution in [1.29, 1.82) is 0 Å². The van der Waals surface area contributed by atoms with Crippen molar-refractivity contribution in [2.75, 3.05) is 25.2 Å². The van der Waals surface area contributed by atoms with Crippen LogP contribution in [0.4, 0.5) is 0 Å². The van der Waals surface area contributed by atoms with Gasteiger partial charge in [0, 0.05) is 18.5 Å². The van der Waals surface area contributed by atoms with Crippen molar-refractivity contribution in [3.05, 3.63) is 0 Å². The first-order chi connectivity index (χ1) is 4.85. The second-order valence-electron chi connectivity index (χ2n) is 1.89. The zero-order chi connectivity index (χ0) is 7.82. The molecule has 0 aliphatic carbocycles. The van der Waals surface area contributed by atoms with Crippen LogP contribution in [-0.2, 0) is 9.47 Å². The van der Waals surface area contributed by atoms with E-state index < -0.39 is 0 Å². The molecule has 0 bridgehead atoms. The Hall–Kier alpha value is 0.400. The highest BCUT2D eigenvalue weighted by atomic mass is 79.9. The summed E-state index contributed by atoms with van der Waals surface area (Å²) in [5.41, 5.74) is 0. The van der Waals surface area contributed by atoms with E-state index >= 15 is 0 Å². The van der Waals surface area contributed by atoms with Crippen LogP contribution in [0, 0.1) is 0 Å². The molecule has 1 heterocycles. The van der Waals surface area contributed by atoms with Gasteiger partial charge in [0.1, 0.15) is 0 Å². The molecule has 1 fully saturated rings. The highest BCUT2D eigenvalue weighted by Crippen LogP contribution is 2.09. The molecule has 1 aliphatic rings. The van der Waals surface area contributed by atoms with Gasteiger partial charge < -0.3 is 9.47 Å². The fraction of sp³-hybridized carbons (Fsp3) is 1.00. The summed E-state index contributed by atoms with van der Waals surface area (Å²) in [6.45, 7) is 6.63. The average molecular weight is 211 g/mol. The summed E-state index contributed by atoms with van der Waals surface area (Å²) >= 11 is 3.25. The van der Waals surface area contributed by atoms with Crippen molar-refractivity contribution >= 4 is 15.9 Å². The number of hydrogen-bond acceptors (Lipinski definition) is 2.